The Labute approximate surface area is 144 Å². The Hall–Kier alpha value is -1.59. The largest absolute Gasteiger partial charge is 0.465 e. The molecule has 0 aromatic heterocycles. The van der Waals surface area contributed by atoms with Crippen molar-refractivity contribution in [3.8, 4) is 5.75 Å². The van der Waals surface area contributed by atoms with Gasteiger partial charge in [0.1, 0.15) is 5.75 Å². The maximum absolute atomic E-state index is 11.9. The van der Waals surface area contributed by atoms with Crippen LogP contribution in [0.25, 0.3) is 0 Å². The van der Waals surface area contributed by atoms with Crippen molar-refractivity contribution in [1.82, 2.24) is 0 Å². The summed E-state index contributed by atoms with van der Waals surface area (Å²) in [5, 5.41) is 19.5. The second-order valence-corrected chi connectivity index (χ2v) is 5.95. The average molecular weight is 338 g/mol. The Balaban J connectivity index is 2.41. The molecule has 0 fully saturated rings. The van der Waals surface area contributed by atoms with Crippen molar-refractivity contribution in [2.45, 2.75) is 77.8 Å². The Kier molecular flexibility index (Phi) is 10.1. The smallest absolute Gasteiger partial charge is 0.340 e. The number of aliphatic hydroxyl groups excluding tert-OH is 2. The molecule has 2 atom stereocenters. The minimum Gasteiger partial charge on any atom is -0.465 e. The molecule has 0 aliphatic rings. The van der Waals surface area contributed by atoms with Gasteiger partial charge < -0.3 is 19.7 Å². The molecule has 0 saturated carbocycles. The molecule has 0 amide bonds. The lowest BCUT2D eigenvalue weighted by Gasteiger charge is -2.14. The van der Waals surface area contributed by atoms with Crippen molar-refractivity contribution < 1.29 is 24.5 Å². The maximum Gasteiger partial charge on any atom is 0.340 e. The summed E-state index contributed by atoms with van der Waals surface area (Å²) in [7, 11) is 0. The van der Waals surface area contributed by atoms with Crippen molar-refractivity contribution in [2.75, 3.05) is 0 Å². The lowest BCUT2D eigenvalue weighted by atomic mass is 10.2. The Morgan fingerprint density at radius 1 is 0.917 bits per heavy atom. The standard InChI is InChI=1S/C19H30O5/c1-3-5-7-9-17(20)23-16-13-11-15(12-14-16)19(22)24-18(21)10-8-6-4-2/h11-14,17-18,20-21H,3-10H2,1-2H3. The van der Waals surface area contributed by atoms with E-state index in [0.29, 0.717) is 24.2 Å². The minimum absolute atomic E-state index is 0.345. The molecule has 0 heterocycles. The highest BCUT2D eigenvalue weighted by Crippen LogP contribution is 2.17. The Morgan fingerprint density at radius 3 is 2.00 bits per heavy atom. The SMILES string of the molecule is CCCCCC(O)OC(=O)c1ccc(OC(O)CCCCC)cc1. The Morgan fingerprint density at radius 2 is 1.46 bits per heavy atom. The number of hydrogen-bond acceptors (Lipinski definition) is 5. The van der Waals surface area contributed by atoms with Gasteiger partial charge in [-0.3, -0.25) is 0 Å². The molecule has 2 N–H and O–H groups in total. The van der Waals surface area contributed by atoms with Gasteiger partial charge >= 0.3 is 5.97 Å². The van der Waals surface area contributed by atoms with Crippen LogP contribution in [0.5, 0.6) is 5.75 Å². The predicted octanol–water partition coefficient (Wildman–Crippen LogP) is 4.02. The van der Waals surface area contributed by atoms with E-state index in [0.717, 1.165) is 38.5 Å². The highest BCUT2D eigenvalue weighted by molar-refractivity contribution is 5.89. The third kappa shape index (κ3) is 8.31. The molecular weight excluding hydrogens is 308 g/mol. The van der Waals surface area contributed by atoms with Gasteiger partial charge in [0.25, 0.3) is 0 Å². The number of hydrogen-bond donors (Lipinski definition) is 2. The second-order valence-electron chi connectivity index (χ2n) is 5.95. The molecule has 1 aromatic carbocycles. The van der Waals surface area contributed by atoms with Gasteiger partial charge in [-0.1, -0.05) is 39.5 Å². The van der Waals surface area contributed by atoms with E-state index < -0.39 is 18.5 Å². The molecule has 0 aliphatic heterocycles. The van der Waals surface area contributed by atoms with Gasteiger partial charge in [0, 0.05) is 12.8 Å². The number of esters is 1. The van der Waals surface area contributed by atoms with Crippen LogP contribution >= 0.6 is 0 Å². The van der Waals surface area contributed by atoms with Crippen molar-refractivity contribution in [3.63, 3.8) is 0 Å². The van der Waals surface area contributed by atoms with Crippen molar-refractivity contribution in [2.24, 2.45) is 0 Å². The molecule has 1 rings (SSSR count). The summed E-state index contributed by atoms with van der Waals surface area (Å²) in [6.07, 6.45) is 5.07. The van der Waals surface area contributed by atoms with Crippen molar-refractivity contribution >= 4 is 5.97 Å². The number of ether oxygens (including phenoxy) is 2. The van der Waals surface area contributed by atoms with Crippen molar-refractivity contribution in [3.05, 3.63) is 29.8 Å². The second kappa shape index (κ2) is 11.9. The molecule has 1 aromatic rings. The van der Waals surface area contributed by atoms with Gasteiger partial charge in [0.2, 0.25) is 6.29 Å². The van der Waals surface area contributed by atoms with Crippen LogP contribution in [-0.4, -0.2) is 28.8 Å². The molecule has 5 heteroatoms. The zero-order valence-electron chi connectivity index (χ0n) is 14.7. The van der Waals surface area contributed by atoms with Crippen molar-refractivity contribution in [1.29, 1.82) is 0 Å². The fourth-order valence-corrected chi connectivity index (χ4v) is 2.27. The zero-order valence-corrected chi connectivity index (χ0v) is 14.7. The van der Waals surface area contributed by atoms with E-state index in [1.54, 1.807) is 24.3 Å². The number of rotatable bonds is 12. The molecule has 24 heavy (non-hydrogen) atoms. The first-order valence-electron chi connectivity index (χ1n) is 8.90. The van der Waals surface area contributed by atoms with Gasteiger partial charge in [0.15, 0.2) is 6.29 Å². The number of carbonyl (C=O) groups excluding carboxylic acids is 1. The van der Waals surface area contributed by atoms with Crippen LogP contribution in [0.4, 0.5) is 0 Å². The summed E-state index contributed by atoms with van der Waals surface area (Å²) in [6.45, 7) is 4.18. The monoisotopic (exact) mass is 338 g/mol. The molecule has 0 radical (unpaired) electrons. The number of unbranched alkanes of at least 4 members (excludes halogenated alkanes) is 4. The molecule has 5 nitrogen and oxygen atoms in total. The van der Waals surface area contributed by atoms with Crippen LogP contribution in [0.1, 0.15) is 75.6 Å². The highest BCUT2D eigenvalue weighted by atomic mass is 16.6. The van der Waals surface area contributed by atoms with Crippen LogP contribution in [0.3, 0.4) is 0 Å². The summed E-state index contributed by atoms with van der Waals surface area (Å²) in [5.74, 6) is -0.0620. The molecule has 0 aliphatic carbocycles. The summed E-state index contributed by atoms with van der Waals surface area (Å²) in [5.41, 5.74) is 0.345. The first kappa shape index (κ1) is 20.5. The van der Waals surface area contributed by atoms with Crippen LogP contribution in [-0.2, 0) is 4.74 Å². The molecule has 136 valence electrons. The number of benzene rings is 1. The zero-order chi connectivity index (χ0) is 17.8. The van der Waals surface area contributed by atoms with E-state index in [2.05, 4.69) is 13.8 Å². The topological polar surface area (TPSA) is 76.0 Å². The predicted molar refractivity (Wildman–Crippen MR) is 92.8 cm³/mol. The average Bonchev–Trinajstić information content (AvgIpc) is 2.56. The first-order chi connectivity index (χ1) is 11.6. The van der Waals surface area contributed by atoms with E-state index in [-0.39, 0.29) is 0 Å². The minimum atomic E-state index is -1.07. The van der Waals surface area contributed by atoms with Crippen LogP contribution in [0, 0.1) is 0 Å². The number of carbonyl (C=O) groups is 1. The quantitative estimate of drug-likeness (QED) is 0.342. The van der Waals surface area contributed by atoms with Gasteiger partial charge in [-0.25, -0.2) is 4.79 Å². The molecule has 2 unspecified atom stereocenters. The lowest BCUT2D eigenvalue weighted by molar-refractivity contribution is -0.0693. The molecule has 0 saturated heterocycles. The summed E-state index contributed by atoms with van der Waals surface area (Å²) < 4.78 is 10.4. The summed E-state index contributed by atoms with van der Waals surface area (Å²) >= 11 is 0. The third-order valence-electron chi connectivity index (χ3n) is 3.71. The van der Waals surface area contributed by atoms with E-state index in [4.69, 9.17) is 9.47 Å². The highest BCUT2D eigenvalue weighted by Gasteiger charge is 2.13. The van der Waals surface area contributed by atoms with Gasteiger partial charge in [-0.05, 0) is 37.1 Å². The fraction of sp³-hybridized carbons (Fsp3) is 0.632. The number of aliphatic hydroxyl groups is 2. The summed E-state index contributed by atoms with van der Waals surface area (Å²) in [6, 6.07) is 6.36. The van der Waals surface area contributed by atoms with Crippen LogP contribution in [0.2, 0.25) is 0 Å². The molecule has 0 bridgehead atoms. The van der Waals surface area contributed by atoms with E-state index in [9.17, 15) is 15.0 Å². The van der Waals surface area contributed by atoms with Gasteiger partial charge in [0.05, 0.1) is 5.56 Å². The normalized spacial score (nSPS) is 13.3. The summed E-state index contributed by atoms with van der Waals surface area (Å²) in [4.78, 5) is 11.9. The van der Waals surface area contributed by atoms with Crippen LogP contribution < -0.4 is 4.74 Å². The van der Waals surface area contributed by atoms with Gasteiger partial charge in [-0.2, -0.15) is 0 Å². The van der Waals surface area contributed by atoms with Crippen LogP contribution in [0.15, 0.2) is 24.3 Å². The van der Waals surface area contributed by atoms with E-state index in [1.165, 1.54) is 0 Å². The van der Waals surface area contributed by atoms with E-state index >= 15 is 0 Å². The van der Waals surface area contributed by atoms with Gasteiger partial charge in [-0.15, -0.1) is 0 Å². The molecular formula is C19H30O5. The van der Waals surface area contributed by atoms with E-state index in [1.807, 2.05) is 0 Å². The fourth-order valence-electron chi connectivity index (χ4n) is 2.27. The molecule has 0 spiro atoms. The first-order valence-corrected chi connectivity index (χ1v) is 8.90. The lowest BCUT2D eigenvalue weighted by Crippen LogP contribution is -2.18. The third-order valence-corrected chi connectivity index (χ3v) is 3.71. The maximum atomic E-state index is 11.9. The Bertz CT molecular complexity index is 457.